The quantitative estimate of drug-likeness (QED) is 0.898. The SMILES string of the molecule is Cc1ccc(C(C)Nc2nc(C3CC3)nc(N)c2C)s1. The highest BCUT2D eigenvalue weighted by Crippen LogP contribution is 2.39. The molecule has 1 unspecified atom stereocenters. The normalized spacial score (nSPS) is 16.1. The van der Waals surface area contributed by atoms with E-state index in [1.807, 2.05) is 18.3 Å². The van der Waals surface area contributed by atoms with E-state index in [4.69, 9.17) is 5.73 Å². The van der Waals surface area contributed by atoms with E-state index in [0.717, 1.165) is 17.2 Å². The molecule has 106 valence electrons. The Bertz CT molecular complexity index is 631. The minimum atomic E-state index is 0.230. The molecule has 1 atom stereocenters. The van der Waals surface area contributed by atoms with E-state index in [1.54, 1.807) is 0 Å². The van der Waals surface area contributed by atoms with Crippen LogP contribution in [-0.4, -0.2) is 9.97 Å². The van der Waals surface area contributed by atoms with Gasteiger partial charge in [0.05, 0.1) is 6.04 Å². The molecule has 0 amide bonds. The second-order valence-corrected chi connectivity index (χ2v) is 6.85. The van der Waals surface area contributed by atoms with Gasteiger partial charge in [-0.15, -0.1) is 11.3 Å². The Hall–Kier alpha value is -1.62. The third-order valence-corrected chi connectivity index (χ3v) is 4.87. The summed E-state index contributed by atoms with van der Waals surface area (Å²) >= 11 is 1.81. The molecule has 2 aromatic rings. The van der Waals surface area contributed by atoms with Crippen LogP contribution < -0.4 is 11.1 Å². The lowest BCUT2D eigenvalue weighted by atomic mass is 10.2. The topological polar surface area (TPSA) is 63.8 Å². The molecule has 1 aliphatic carbocycles. The van der Waals surface area contributed by atoms with Crippen LogP contribution in [0.25, 0.3) is 0 Å². The molecule has 5 heteroatoms. The van der Waals surface area contributed by atoms with E-state index < -0.39 is 0 Å². The van der Waals surface area contributed by atoms with E-state index in [2.05, 4.69) is 41.3 Å². The van der Waals surface area contributed by atoms with Crippen LogP contribution in [-0.2, 0) is 0 Å². The number of hydrogen-bond acceptors (Lipinski definition) is 5. The number of nitrogen functional groups attached to an aromatic ring is 1. The summed E-state index contributed by atoms with van der Waals surface area (Å²) in [5, 5.41) is 3.48. The fraction of sp³-hybridized carbons (Fsp3) is 0.467. The first kappa shape index (κ1) is 13.4. The molecule has 3 rings (SSSR count). The van der Waals surface area contributed by atoms with Crippen molar-refractivity contribution in [2.75, 3.05) is 11.1 Å². The maximum Gasteiger partial charge on any atom is 0.136 e. The summed E-state index contributed by atoms with van der Waals surface area (Å²) in [4.78, 5) is 11.7. The second kappa shape index (κ2) is 5.05. The zero-order valence-electron chi connectivity index (χ0n) is 12.1. The Morgan fingerprint density at radius 3 is 2.65 bits per heavy atom. The van der Waals surface area contributed by atoms with Gasteiger partial charge in [-0.05, 0) is 45.7 Å². The molecule has 0 spiro atoms. The second-order valence-electron chi connectivity index (χ2n) is 5.53. The van der Waals surface area contributed by atoms with Crippen molar-refractivity contribution in [3.8, 4) is 0 Å². The first-order chi connectivity index (χ1) is 9.54. The largest absolute Gasteiger partial charge is 0.383 e. The number of aromatic nitrogens is 2. The lowest BCUT2D eigenvalue weighted by Crippen LogP contribution is -2.12. The predicted molar refractivity (Wildman–Crippen MR) is 84.3 cm³/mol. The van der Waals surface area contributed by atoms with Crippen molar-refractivity contribution in [1.82, 2.24) is 9.97 Å². The van der Waals surface area contributed by atoms with Crippen LogP contribution in [0.2, 0.25) is 0 Å². The number of hydrogen-bond donors (Lipinski definition) is 2. The number of nitrogens with one attached hydrogen (secondary N) is 1. The number of rotatable bonds is 4. The van der Waals surface area contributed by atoms with Gasteiger partial charge >= 0.3 is 0 Å². The first-order valence-electron chi connectivity index (χ1n) is 7.01. The van der Waals surface area contributed by atoms with Gasteiger partial charge in [-0.2, -0.15) is 0 Å². The van der Waals surface area contributed by atoms with Gasteiger partial charge in [-0.3, -0.25) is 0 Å². The molecule has 0 radical (unpaired) electrons. The van der Waals surface area contributed by atoms with Crippen molar-refractivity contribution in [1.29, 1.82) is 0 Å². The summed E-state index contributed by atoms with van der Waals surface area (Å²) in [5.41, 5.74) is 6.96. The van der Waals surface area contributed by atoms with Crippen molar-refractivity contribution in [2.45, 2.75) is 45.6 Å². The highest BCUT2D eigenvalue weighted by Gasteiger charge is 2.28. The molecule has 0 saturated heterocycles. The molecule has 1 fully saturated rings. The van der Waals surface area contributed by atoms with Crippen LogP contribution in [0.1, 0.15) is 52.9 Å². The van der Waals surface area contributed by atoms with Crippen LogP contribution in [0.3, 0.4) is 0 Å². The molecule has 2 heterocycles. The summed E-state index contributed by atoms with van der Waals surface area (Å²) in [7, 11) is 0. The van der Waals surface area contributed by atoms with Gasteiger partial charge < -0.3 is 11.1 Å². The summed E-state index contributed by atoms with van der Waals surface area (Å²) in [6, 6.07) is 4.54. The standard InChI is InChI=1S/C15H20N4S/c1-8-4-7-12(20-8)10(3)17-14-9(2)13(16)18-15(19-14)11-5-6-11/h4,7,10-11H,5-6H2,1-3H3,(H3,16,17,18,19). The van der Waals surface area contributed by atoms with Crippen molar-refractivity contribution < 1.29 is 0 Å². The zero-order valence-corrected chi connectivity index (χ0v) is 12.9. The third kappa shape index (κ3) is 2.63. The predicted octanol–water partition coefficient (Wildman–Crippen LogP) is 3.79. The van der Waals surface area contributed by atoms with Gasteiger partial charge in [0.25, 0.3) is 0 Å². The van der Waals surface area contributed by atoms with E-state index in [1.165, 1.54) is 22.6 Å². The van der Waals surface area contributed by atoms with Gasteiger partial charge in [0.1, 0.15) is 17.5 Å². The Kier molecular flexibility index (Phi) is 3.38. The molecule has 20 heavy (non-hydrogen) atoms. The minimum Gasteiger partial charge on any atom is -0.383 e. The fourth-order valence-corrected chi connectivity index (χ4v) is 3.06. The number of anilines is 2. The van der Waals surface area contributed by atoms with Gasteiger partial charge in [-0.25, -0.2) is 9.97 Å². The Morgan fingerprint density at radius 1 is 1.30 bits per heavy atom. The van der Waals surface area contributed by atoms with Gasteiger partial charge in [0, 0.05) is 21.2 Å². The number of nitrogens with two attached hydrogens (primary N) is 1. The maximum atomic E-state index is 6.02. The maximum absolute atomic E-state index is 6.02. The highest BCUT2D eigenvalue weighted by atomic mass is 32.1. The molecule has 0 aliphatic heterocycles. The molecular weight excluding hydrogens is 268 g/mol. The van der Waals surface area contributed by atoms with E-state index in [0.29, 0.717) is 11.7 Å². The highest BCUT2D eigenvalue weighted by molar-refractivity contribution is 7.12. The Balaban J connectivity index is 1.85. The smallest absolute Gasteiger partial charge is 0.136 e. The van der Waals surface area contributed by atoms with E-state index in [-0.39, 0.29) is 6.04 Å². The van der Waals surface area contributed by atoms with Crippen molar-refractivity contribution in [3.05, 3.63) is 33.3 Å². The van der Waals surface area contributed by atoms with Crippen LogP contribution in [0, 0.1) is 13.8 Å². The number of nitrogens with zero attached hydrogens (tertiary/aromatic N) is 2. The van der Waals surface area contributed by atoms with Crippen LogP contribution >= 0.6 is 11.3 Å². The molecule has 4 nitrogen and oxygen atoms in total. The summed E-state index contributed by atoms with van der Waals surface area (Å²) < 4.78 is 0. The molecule has 2 aromatic heterocycles. The molecular formula is C15H20N4S. The monoisotopic (exact) mass is 288 g/mol. The lowest BCUT2D eigenvalue weighted by molar-refractivity contribution is 0.864. The van der Waals surface area contributed by atoms with E-state index >= 15 is 0 Å². The van der Waals surface area contributed by atoms with Crippen LogP contribution in [0.15, 0.2) is 12.1 Å². The molecule has 3 N–H and O–H groups in total. The molecule has 1 saturated carbocycles. The average Bonchev–Trinajstić information content (AvgIpc) is 3.16. The summed E-state index contributed by atoms with van der Waals surface area (Å²) in [5.74, 6) is 2.87. The minimum absolute atomic E-state index is 0.230. The Labute approximate surface area is 123 Å². The lowest BCUT2D eigenvalue weighted by Gasteiger charge is -2.16. The zero-order chi connectivity index (χ0) is 14.3. The average molecular weight is 288 g/mol. The number of aryl methyl sites for hydroxylation is 1. The van der Waals surface area contributed by atoms with Crippen LogP contribution in [0.5, 0.6) is 0 Å². The van der Waals surface area contributed by atoms with Crippen molar-refractivity contribution >= 4 is 23.0 Å². The third-order valence-electron chi connectivity index (χ3n) is 3.68. The summed E-state index contributed by atoms with van der Waals surface area (Å²) in [6.07, 6.45) is 2.36. The van der Waals surface area contributed by atoms with Crippen LogP contribution in [0.4, 0.5) is 11.6 Å². The Morgan fingerprint density at radius 2 is 2.05 bits per heavy atom. The fourth-order valence-electron chi connectivity index (χ4n) is 2.18. The summed E-state index contributed by atoms with van der Waals surface area (Å²) in [6.45, 7) is 6.25. The van der Waals surface area contributed by atoms with Crippen molar-refractivity contribution in [3.63, 3.8) is 0 Å². The molecule has 0 bridgehead atoms. The van der Waals surface area contributed by atoms with Gasteiger partial charge in [-0.1, -0.05) is 0 Å². The molecule has 0 aromatic carbocycles. The first-order valence-corrected chi connectivity index (χ1v) is 7.83. The van der Waals surface area contributed by atoms with E-state index in [9.17, 15) is 0 Å². The van der Waals surface area contributed by atoms with Gasteiger partial charge in [0.2, 0.25) is 0 Å². The van der Waals surface area contributed by atoms with Crippen molar-refractivity contribution in [2.24, 2.45) is 0 Å². The van der Waals surface area contributed by atoms with Gasteiger partial charge in [0.15, 0.2) is 0 Å². The molecule has 1 aliphatic rings. The number of thiophene rings is 1.